The molecule has 2 aromatic carbocycles. The number of nitrogens with zero attached hydrogens (tertiary/aromatic N) is 2. The average Bonchev–Trinajstić information content (AvgIpc) is 2.78. The van der Waals surface area contributed by atoms with E-state index < -0.39 is 16.6 Å². The van der Waals surface area contributed by atoms with Crippen LogP contribution in [0.3, 0.4) is 0 Å². The summed E-state index contributed by atoms with van der Waals surface area (Å²) in [5, 5.41) is 14.3. The van der Waals surface area contributed by atoms with Gasteiger partial charge in [-0.05, 0) is 37.1 Å². The Morgan fingerprint density at radius 1 is 1.10 bits per heavy atom. The molecule has 0 aliphatic carbocycles. The van der Waals surface area contributed by atoms with E-state index in [2.05, 4.69) is 5.32 Å². The van der Waals surface area contributed by atoms with E-state index in [1.807, 2.05) is 0 Å². The van der Waals surface area contributed by atoms with Gasteiger partial charge in [0.25, 0.3) is 17.5 Å². The van der Waals surface area contributed by atoms with Crippen LogP contribution in [-0.2, 0) is 0 Å². The molecule has 31 heavy (non-hydrogen) atoms. The van der Waals surface area contributed by atoms with Gasteiger partial charge < -0.3 is 19.7 Å². The first kappa shape index (κ1) is 22.0. The summed E-state index contributed by atoms with van der Waals surface area (Å²) in [4.78, 5) is 37.6. The maximum atomic E-state index is 13.0. The van der Waals surface area contributed by atoms with Gasteiger partial charge in [-0.25, -0.2) is 4.39 Å². The predicted octanol–water partition coefficient (Wildman–Crippen LogP) is 2.79. The number of piperidine rings is 1. The molecular weight excluding hydrogens is 409 g/mol. The molecule has 3 rings (SSSR count). The Morgan fingerprint density at radius 2 is 1.68 bits per heavy atom. The number of benzene rings is 2. The van der Waals surface area contributed by atoms with Crippen molar-refractivity contribution >= 4 is 17.5 Å². The van der Waals surface area contributed by atoms with Gasteiger partial charge in [-0.2, -0.15) is 0 Å². The third-order valence-corrected chi connectivity index (χ3v) is 5.15. The number of carbonyl (C=O) groups is 2. The minimum Gasteiger partial charge on any atom is -0.493 e. The molecule has 0 unspecified atom stereocenters. The molecule has 0 spiro atoms. The minimum absolute atomic E-state index is 0.0866. The highest BCUT2D eigenvalue weighted by molar-refractivity contribution is 5.99. The Kier molecular flexibility index (Phi) is 6.68. The molecule has 1 heterocycles. The van der Waals surface area contributed by atoms with E-state index in [4.69, 9.17) is 9.47 Å². The molecule has 164 valence electrons. The number of hydrogen-bond acceptors (Lipinski definition) is 6. The van der Waals surface area contributed by atoms with Gasteiger partial charge in [0.2, 0.25) is 0 Å². The van der Waals surface area contributed by atoms with Crippen molar-refractivity contribution < 1.29 is 28.4 Å². The van der Waals surface area contributed by atoms with Crippen molar-refractivity contribution in [1.29, 1.82) is 0 Å². The number of nitro groups is 1. The molecule has 1 aliphatic rings. The summed E-state index contributed by atoms with van der Waals surface area (Å²) in [6.45, 7) is 0.636. The summed E-state index contributed by atoms with van der Waals surface area (Å²) >= 11 is 0. The maximum Gasteiger partial charge on any atom is 0.286 e. The van der Waals surface area contributed by atoms with Crippen LogP contribution in [0.1, 0.15) is 33.6 Å². The number of carbonyl (C=O) groups excluding carboxylic acids is 2. The number of amides is 2. The maximum absolute atomic E-state index is 13.0. The lowest BCUT2D eigenvalue weighted by Gasteiger charge is -2.32. The van der Waals surface area contributed by atoms with Crippen LogP contribution in [0, 0.1) is 15.9 Å². The first-order valence-electron chi connectivity index (χ1n) is 9.60. The smallest absolute Gasteiger partial charge is 0.286 e. The van der Waals surface area contributed by atoms with E-state index in [0.717, 1.165) is 0 Å². The van der Waals surface area contributed by atoms with Gasteiger partial charge in [0, 0.05) is 30.8 Å². The summed E-state index contributed by atoms with van der Waals surface area (Å²) in [6, 6.07) is 7.54. The quantitative estimate of drug-likeness (QED) is 0.556. The van der Waals surface area contributed by atoms with Crippen LogP contribution < -0.4 is 14.8 Å². The van der Waals surface area contributed by atoms with Gasteiger partial charge in [0.1, 0.15) is 11.4 Å². The minimum atomic E-state index is -0.634. The molecule has 0 bridgehead atoms. The van der Waals surface area contributed by atoms with Crippen LogP contribution in [0.2, 0.25) is 0 Å². The van der Waals surface area contributed by atoms with Gasteiger partial charge in [0.15, 0.2) is 11.5 Å². The Labute approximate surface area is 177 Å². The lowest BCUT2D eigenvalue weighted by atomic mass is 10.0. The van der Waals surface area contributed by atoms with E-state index in [1.165, 1.54) is 55.5 Å². The van der Waals surface area contributed by atoms with Crippen molar-refractivity contribution in [1.82, 2.24) is 10.2 Å². The fourth-order valence-corrected chi connectivity index (χ4v) is 3.46. The molecule has 1 fully saturated rings. The highest BCUT2D eigenvalue weighted by Crippen LogP contribution is 2.35. The topological polar surface area (TPSA) is 111 Å². The summed E-state index contributed by atoms with van der Waals surface area (Å²) < 4.78 is 23.3. The number of hydrogen-bond donors (Lipinski definition) is 1. The zero-order chi connectivity index (χ0) is 22.5. The molecule has 1 aliphatic heterocycles. The van der Waals surface area contributed by atoms with Crippen molar-refractivity contribution in [2.45, 2.75) is 18.9 Å². The van der Waals surface area contributed by atoms with Crippen molar-refractivity contribution in [3.05, 3.63) is 63.5 Å². The zero-order valence-corrected chi connectivity index (χ0v) is 17.1. The van der Waals surface area contributed by atoms with Crippen LogP contribution in [0.25, 0.3) is 0 Å². The Bertz CT molecular complexity index is 987. The fraction of sp³-hybridized carbons (Fsp3) is 0.333. The number of methoxy groups -OCH3 is 2. The number of nitrogens with one attached hydrogen (secondary N) is 1. The zero-order valence-electron chi connectivity index (χ0n) is 17.1. The molecule has 10 heteroatoms. The standard InChI is InChI=1S/C21H22FN3O6/c1-30-18-11-16(17(25(28)29)12-19(18)31-2)21(27)24-9-7-15(8-10-24)23-20(26)13-3-5-14(22)6-4-13/h3-6,11-12,15H,7-10H2,1-2H3,(H,23,26). The number of halogens is 1. The third kappa shape index (κ3) is 4.90. The lowest BCUT2D eigenvalue weighted by Crippen LogP contribution is -2.46. The normalized spacial score (nSPS) is 14.1. The molecule has 0 saturated carbocycles. The second kappa shape index (κ2) is 9.41. The SMILES string of the molecule is COc1cc(C(=O)N2CCC(NC(=O)c3ccc(F)cc3)CC2)c([N+](=O)[O-])cc1OC. The van der Waals surface area contributed by atoms with E-state index in [1.54, 1.807) is 0 Å². The second-order valence-corrected chi connectivity index (χ2v) is 7.03. The first-order chi connectivity index (χ1) is 14.8. The monoisotopic (exact) mass is 431 g/mol. The number of nitro benzene ring substituents is 1. The molecular formula is C21H22FN3O6. The number of ether oxygens (including phenoxy) is 2. The van der Waals surface area contributed by atoms with E-state index in [-0.39, 0.29) is 34.7 Å². The van der Waals surface area contributed by atoms with Crippen LogP contribution in [-0.4, -0.2) is 55.0 Å². The summed E-state index contributed by atoms with van der Waals surface area (Å²) in [5.74, 6) is -0.852. The average molecular weight is 431 g/mol. The number of rotatable bonds is 6. The van der Waals surface area contributed by atoms with E-state index in [9.17, 15) is 24.1 Å². The van der Waals surface area contributed by atoms with Gasteiger partial charge >= 0.3 is 0 Å². The molecule has 0 atom stereocenters. The van der Waals surface area contributed by atoms with Crippen molar-refractivity contribution in [3.8, 4) is 11.5 Å². The molecule has 0 aromatic heterocycles. The van der Waals surface area contributed by atoms with Gasteiger partial charge in [-0.15, -0.1) is 0 Å². The Hall–Kier alpha value is -3.69. The third-order valence-electron chi connectivity index (χ3n) is 5.15. The lowest BCUT2D eigenvalue weighted by molar-refractivity contribution is -0.385. The van der Waals surface area contributed by atoms with Crippen LogP contribution in [0.4, 0.5) is 10.1 Å². The molecule has 0 radical (unpaired) electrons. The van der Waals surface area contributed by atoms with Crippen LogP contribution in [0.15, 0.2) is 36.4 Å². The molecule has 9 nitrogen and oxygen atoms in total. The molecule has 1 saturated heterocycles. The summed E-state index contributed by atoms with van der Waals surface area (Å²) in [7, 11) is 2.74. The Balaban J connectivity index is 1.68. The highest BCUT2D eigenvalue weighted by Gasteiger charge is 2.30. The molecule has 2 amide bonds. The predicted molar refractivity (Wildman–Crippen MR) is 109 cm³/mol. The van der Waals surface area contributed by atoms with Crippen LogP contribution >= 0.6 is 0 Å². The van der Waals surface area contributed by atoms with Gasteiger partial charge in [-0.3, -0.25) is 19.7 Å². The summed E-state index contributed by atoms with van der Waals surface area (Å²) in [5.41, 5.74) is -0.105. The van der Waals surface area contributed by atoms with Gasteiger partial charge in [0.05, 0.1) is 25.2 Å². The van der Waals surface area contributed by atoms with Gasteiger partial charge in [-0.1, -0.05) is 0 Å². The molecule has 1 N–H and O–H groups in total. The molecule has 2 aromatic rings. The van der Waals surface area contributed by atoms with E-state index >= 15 is 0 Å². The number of likely N-dealkylation sites (tertiary alicyclic amines) is 1. The largest absolute Gasteiger partial charge is 0.493 e. The Morgan fingerprint density at radius 3 is 2.23 bits per heavy atom. The van der Waals surface area contributed by atoms with Crippen molar-refractivity contribution in [2.24, 2.45) is 0 Å². The van der Waals surface area contributed by atoms with Crippen LogP contribution in [0.5, 0.6) is 11.5 Å². The summed E-state index contributed by atoms with van der Waals surface area (Å²) in [6.07, 6.45) is 0.972. The van der Waals surface area contributed by atoms with E-state index in [0.29, 0.717) is 31.5 Å². The second-order valence-electron chi connectivity index (χ2n) is 7.03. The van der Waals surface area contributed by atoms with Crippen molar-refractivity contribution in [2.75, 3.05) is 27.3 Å². The van der Waals surface area contributed by atoms with Crippen molar-refractivity contribution in [3.63, 3.8) is 0 Å². The first-order valence-corrected chi connectivity index (χ1v) is 9.60. The highest BCUT2D eigenvalue weighted by atomic mass is 19.1. The fourth-order valence-electron chi connectivity index (χ4n) is 3.46.